The molecular formula is C27H32FNO5SSi. The third kappa shape index (κ3) is 6.60. The third-order valence-electron chi connectivity index (χ3n) is 5.68. The number of hydrogen-bond donors (Lipinski definition) is 0. The number of carbonyl (C=O) groups is 1. The highest BCUT2D eigenvalue weighted by molar-refractivity contribution is 7.92. The molecule has 9 heteroatoms. The second-order valence-corrected chi connectivity index (χ2v) is 17.1. The summed E-state index contributed by atoms with van der Waals surface area (Å²) in [5, 5.41) is 0. The number of benzene rings is 3. The van der Waals surface area contributed by atoms with Gasteiger partial charge in [0.15, 0.2) is 5.78 Å². The number of hydrogen-bond acceptors (Lipinski definition) is 5. The van der Waals surface area contributed by atoms with E-state index in [0.29, 0.717) is 29.0 Å². The summed E-state index contributed by atoms with van der Waals surface area (Å²) < 4.78 is 54.2. The van der Waals surface area contributed by atoms with E-state index in [2.05, 4.69) is 19.6 Å². The van der Waals surface area contributed by atoms with Crippen LogP contribution in [0.5, 0.6) is 5.75 Å². The number of rotatable bonds is 11. The first-order chi connectivity index (χ1) is 16.9. The number of para-hydroxylation sites is 1. The van der Waals surface area contributed by atoms with Crippen molar-refractivity contribution in [3.63, 3.8) is 0 Å². The SMILES string of the molecule is COc1ccc(S(=O)(=O)N(COCC[Si](C)(C)C)c2ccccc2-c2cc(F)ccc2C(C)=O)cc1. The lowest BCUT2D eigenvalue weighted by atomic mass is 9.96. The topological polar surface area (TPSA) is 72.9 Å². The van der Waals surface area contributed by atoms with Crippen LogP contribution in [0.15, 0.2) is 71.6 Å². The first kappa shape index (κ1) is 27.6. The monoisotopic (exact) mass is 529 g/mol. The highest BCUT2D eigenvalue weighted by Gasteiger charge is 2.28. The molecule has 3 rings (SSSR count). The summed E-state index contributed by atoms with van der Waals surface area (Å²) in [5.74, 6) is -0.255. The van der Waals surface area contributed by atoms with Crippen LogP contribution in [0.2, 0.25) is 25.7 Å². The van der Waals surface area contributed by atoms with E-state index in [1.807, 2.05) is 0 Å². The Morgan fingerprint density at radius 3 is 2.25 bits per heavy atom. The first-order valence-electron chi connectivity index (χ1n) is 11.6. The third-order valence-corrected chi connectivity index (χ3v) is 9.13. The molecule has 0 saturated heterocycles. The fourth-order valence-corrected chi connectivity index (χ4v) is 5.76. The zero-order chi connectivity index (χ0) is 26.5. The van der Waals surface area contributed by atoms with Gasteiger partial charge < -0.3 is 9.47 Å². The molecule has 36 heavy (non-hydrogen) atoms. The summed E-state index contributed by atoms with van der Waals surface area (Å²) in [6, 6.07) is 17.6. The molecule has 0 amide bonds. The van der Waals surface area contributed by atoms with Crippen LogP contribution in [0.1, 0.15) is 17.3 Å². The van der Waals surface area contributed by atoms with Crippen LogP contribution in [0.25, 0.3) is 11.1 Å². The molecule has 0 N–H and O–H groups in total. The van der Waals surface area contributed by atoms with Gasteiger partial charge in [-0.05, 0) is 67.1 Å². The Bertz CT molecular complexity index is 1320. The fraction of sp³-hybridized carbons (Fsp3) is 0.296. The smallest absolute Gasteiger partial charge is 0.266 e. The lowest BCUT2D eigenvalue weighted by Crippen LogP contribution is -2.34. The van der Waals surface area contributed by atoms with E-state index < -0.39 is 23.9 Å². The van der Waals surface area contributed by atoms with Crippen LogP contribution in [-0.4, -0.2) is 42.7 Å². The molecule has 0 unspecified atom stereocenters. The van der Waals surface area contributed by atoms with Gasteiger partial charge in [0.05, 0.1) is 17.7 Å². The van der Waals surface area contributed by atoms with Gasteiger partial charge in [-0.3, -0.25) is 4.79 Å². The Morgan fingerprint density at radius 2 is 1.64 bits per heavy atom. The van der Waals surface area contributed by atoms with E-state index in [0.717, 1.165) is 6.04 Å². The van der Waals surface area contributed by atoms with Crippen LogP contribution < -0.4 is 9.04 Å². The Labute approximate surface area is 213 Å². The minimum atomic E-state index is -4.08. The van der Waals surface area contributed by atoms with Crippen LogP contribution in [0, 0.1) is 5.82 Å². The molecular weight excluding hydrogens is 497 g/mol. The van der Waals surface area contributed by atoms with Gasteiger partial charge in [0.2, 0.25) is 0 Å². The lowest BCUT2D eigenvalue weighted by molar-refractivity contribution is 0.101. The summed E-state index contributed by atoms with van der Waals surface area (Å²) in [5.41, 5.74) is 1.31. The van der Waals surface area contributed by atoms with Gasteiger partial charge in [-0.1, -0.05) is 37.8 Å². The van der Waals surface area contributed by atoms with Crippen molar-refractivity contribution in [2.45, 2.75) is 37.5 Å². The van der Waals surface area contributed by atoms with Gasteiger partial charge in [-0.25, -0.2) is 17.1 Å². The Balaban J connectivity index is 2.14. The quantitative estimate of drug-likeness (QED) is 0.128. The van der Waals surface area contributed by atoms with E-state index in [1.54, 1.807) is 36.4 Å². The van der Waals surface area contributed by atoms with E-state index in [-0.39, 0.29) is 23.1 Å². The zero-order valence-corrected chi connectivity index (χ0v) is 23.1. The molecule has 0 aromatic heterocycles. The molecule has 0 aliphatic carbocycles. The molecule has 0 spiro atoms. The maximum absolute atomic E-state index is 14.3. The van der Waals surface area contributed by atoms with Crippen molar-refractivity contribution in [2.75, 3.05) is 24.8 Å². The molecule has 0 aliphatic rings. The number of anilines is 1. The molecule has 0 bridgehead atoms. The summed E-state index contributed by atoms with van der Waals surface area (Å²) in [7, 11) is -3.98. The van der Waals surface area contributed by atoms with Gasteiger partial charge in [0, 0.05) is 25.8 Å². The van der Waals surface area contributed by atoms with Crippen LogP contribution in [0.3, 0.4) is 0 Å². The molecule has 3 aromatic carbocycles. The lowest BCUT2D eigenvalue weighted by Gasteiger charge is -2.27. The summed E-state index contributed by atoms with van der Waals surface area (Å²) in [6.07, 6.45) is 0. The standard InChI is InChI=1S/C27H32FNO5SSi/c1-20(30)24-15-10-21(28)18-26(24)25-8-6-7-9-27(25)29(19-34-16-17-36(3,4)5)35(31,32)23-13-11-22(33-2)12-14-23/h6-15,18H,16-17,19H2,1-5H3. The Kier molecular flexibility index (Phi) is 8.70. The number of Topliss-reactive ketones (excluding diaryl/α,β-unsaturated/α-hetero) is 1. The van der Waals surface area contributed by atoms with E-state index in [1.165, 1.54) is 48.7 Å². The predicted octanol–water partition coefficient (Wildman–Crippen LogP) is 6.21. The number of halogens is 1. The fourth-order valence-electron chi connectivity index (χ4n) is 3.63. The minimum Gasteiger partial charge on any atom is -0.497 e. The number of nitrogens with zero attached hydrogens (tertiary/aromatic N) is 1. The van der Waals surface area contributed by atoms with Crippen molar-refractivity contribution in [1.29, 1.82) is 0 Å². The molecule has 0 saturated carbocycles. The van der Waals surface area contributed by atoms with Gasteiger partial charge in [-0.2, -0.15) is 0 Å². The number of carbonyl (C=O) groups excluding carboxylic acids is 1. The van der Waals surface area contributed by atoms with Crippen LogP contribution >= 0.6 is 0 Å². The molecule has 192 valence electrons. The maximum Gasteiger partial charge on any atom is 0.266 e. The molecule has 0 heterocycles. The van der Waals surface area contributed by atoms with Gasteiger partial charge >= 0.3 is 0 Å². The molecule has 3 aromatic rings. The van der Waals surface area contributed by atoms with Crippen LogP contribution in [-0.2, 0) is 14.8 Å². The van der Waals surface area contributed by atoms with Crippen LogP contribution in [0.4, 0.5) is 10.1 Å². The largest absolute Gasteiger partial charge is 0.497 e. The van der Waals surface area contributed by atoms with Crippen molar-refractivity contribution in [1.82, 2.24) is 0 Å². The first-order valence-corrected chi connectivity index (χ1v) is 16.7. The maximum atomic E-state index is 14.3. The Morgan fingerprint density at radius 1 is 0.972 bits per heavy atom. The average Bonchev–Trinajstić information content (AvgIpc) is 2.83. The molecule has 0 aliphatic heterocycles. The van der Waals surface area contributed by atoms with E-state index >= 15 is 0 Å². The summed E-state index contributed by atoms with van der Waals surface area (Å²) >= 11 is 0. The Hall–Kier alpha value is -3.01. The summed E-state index contributed by atoms with van der Waals surface area (Å²) in [6.45, 7) is 8.21. The zero-order valence-electron chi connectivity index (χ0n) is 21.2. The number of sulfonamides is 1. The van der Waals surface area contributed by atoms with Crippen molar-refractivity contribution in [2.24, 2.45) is 0 Å². The number of ether oxygens (including phenoxy) is 2. The highest BCUT2D eigenvalue weighted by Crippen LogP contribution is 2.36. The van der Waals surface area contributed by atoms with Crippen molar-refractivity contribution >= 4 is 29.6 Å². The second-order valence-electron chi connectivity index (χ2n) is 9.64. The second kappa shape index (κ2) is 11.4. The number of methoxy groups -OCH3 is 1. The number of ketones is 1. The average molecular weight is 530 g/mol. The summed E-state index contributed by atoms with van der Waals surface area (Å²) in [4.78, 5) is 12.4. The predicted molar refractivity (Wildman–Crippen MR) is 143 cm³/mol. The van der Waals surface area contributed by atoms with Gasteiger partial charge in [-0.15, -0.1) is 0 Å². The van der Waals surface area contributed by atoms with Gasteiger partial charge in [0.1, 0.15) is 18.3 Å². The van der Waals surface area contributed by atoms with Crippen molar-refractivity contribution < 1.29 is 27.1 Å². The van der Waals surface area contributed by atoms with Crippen molar-refractivity contribution in [3.05, 3.63) is 78.1 Å². The minimum absolute atomic E-state index is 0.0536. The van der Waals surface area contributed by atoms with E-state index in [4.69, 9.17) is 9.47 Å². The molecule has 6 nitrogen and oxygen atoms in total. The molecule has 0 radical (unpaired) electrons. The molecule has 0 atom stereocenters. The van der Waals surface area contributed by atoms with Crippen molar-refractivity contribution in [3.8, 4) is 16.9 Å². The highest BCUT2D eigenvalue weighted by atomic mass is 32.2. The van der Waals surface area contributed by atoms with E-state index in [9.17, 15) is 17.6 Å². The van der Waals surface area contributed by atoms with Gasteiger partial charge in [0.25, 0.3) is 10.0 Å². The molecule has 0 fully saturated rings. The normalized spacial score (nSPS) is 11.8.